The third kappa shape index (κ3) is 3.73. The van der Waals surface area contributed by atoms with Gasteiger partial charge in [0, 0.05) is 12.1 Å². The van der Waals surface area contributed by atoms with Crippen LogP contribution < -0.4 is 16.2 Å². The first-order chi connectivity index (χ1) is 12.5. The molecule has 4 fully saturated rings. The van der Waals surface area contributed by atoms with E-state index in [0.717, 1.165) is 29.9 Å². The fraction of sp³-hybridized carbons (Fsp3) is 0.619. The van der Waals surface area contributed by atoms with Crippen LogP contribution in [0.1, 0.15) is 57.4 Å². The third-order valence-corrected chi connectivity index (χ3v) is 6.87. The highest BCUT2D eigenvalue weighted by Crippen LogP contribution is 2.61. The van der Waals surface area contributed by atoms with E-state index in [2.05, 4.69) is 29.2 Å². The SMILES string of the molecule is CCc1ccccc1NC(=S)NNC(=O)CC12CC3CC(CC(C3)C1)C2. The summed E-state index contributed by atoms with van der Waals surface area (Å²) in [6, 6.07) is 8.09. The van der Waals surface area contributed by atoms with E-state index in [0.29, 0.717) is 11.5 Å². The van der Waals surface area contributed by atoms with Gasteiger partial charge in [-0.2, -0.15) is 0 Å². The zero-order valence-corrected chi connectivity index (χ0v) is 16.3. The molecule has 0 saturated heterocycles. The van der Waals surface area contributed by atoms with E-state index in [9.17, 15) is 4.79 Å². The van der Waals surface area contributed by atoms with E-state index in [1.54, 1.807) is 0 Å². The second-order valence-corrected chi connectivity index (χ2v) is 9.14. The van der Waals surface area contributed by atoms with Gasteiger partial charge in [0.05, 0.1) is 0 Å². The van der Waals surface area contributed by atoms with E-state index < -0.39 is 0 Å². The van der Waals surface area contributed by atoms with Gasteiger partial charge in [-0.15, -0.1) is 0 Å². The zero-order chi connectivity index (χ0) is 18.1. The summed E-state index contributed by atoms with van der Waals surface area (Å²) in [5.74, 6) is 2.68. The molecule has 1 aromatic rings. The Labute approximate surface area is 161 Å². The monoisotopic (exact) mass is 371 g/mol. The lowest BCUT2D eigenvalue weighted by molar-refractivity contribution is -0.129. The minimum absolute atomic E-state index is 0.0693. The quantitative estimate of drug-likeness (QED) is 0.549. The maximum atomic E-state index is 12.5. The van der Waals surface area contributed by atoms with Crippen LogP contribution in [-0.4, -0.2) is 11.0 Å². The molecule has 5 rings (SSSR count). The van der Waals surface area contributed by atoms with Gasteiger partial charge in [0.25, 0.3) is 0 Å². The van der Waals surface area contributed by atoms with E-state index in [-0.39, 0.29) is 11.3 Å². The summed E-state index contributed by atoms with van der Waals surface area (Å²) in [6.07, 6.45) is 9.54. The fourth-order valence-electron chi connectivity index (χ4n) is 6.12. The van der Waals surface area contributed by atoms with Crippen LogP contribution >= 0.6 is 12.2 Å². The van der Waals surface area contributed by atoms with Crippen molar-refractivity contribution >= 4 is 28.9 Å². The smallest absolute Gasteiger partial charge is 0.238 e. The summed E-state index contributed by atoms with van der Waals surface area (Å²) in [4.78, 5) is 12.5. The lowest BCUT2D eigenvalue weighted by Gasteiger charge is -2.56. The van der Waals surface area contributed by atoms with Gasteiger partial charge in [0.2, 0.25) is 5.91 Å². The van der Waals surface area contributed by atoms with Crippen LogP contribution in [0.4, 0.5) is 5.69 Å². The molecule has 0 heterocycles. The molecule has 140 valence electrons. The average Bonchev–Trinajstić information content (AvgIpc) is 2.59. The molecule has 0 atom stereocenters. The molecule has 5 heteroatoms. The first kappa shape index (κ1) is 17.8. The number of rotatable bonds is 4. The molecule has 4 nitrogen and oxygen atoms in total. The number of hydrogen-bond donors (Lipinski definition) is 3. The van der Waals surface area contributed by atoms with Gasteiger partial charge >= 0.3 is 0 Å². The molecule has 4 bridgehead atoms. The number of anilines is 1. The van der Waals surface area contributed by atoms with Gasteiger partial charge < -0.3 is 5.32 Å². The molecule has 1 aromatic carbocycles. The van der Waals surface area contributed by atoms with Crippen LogP contribution in [0.25, 0.3) is 0 Å². The Morgan fingerprint density at radius 2 is 1.69 bits per heavy atom. The predicted molar refractivity (Wildman–Crippen MR) is 109 cm³/mol. The zero-order valence-electron chi connectivity index (χ0n) is 15.5. The topological polar surface area (TPSA) is 53.2 Å². The average molecular weight is 372 g/mol. The summed E-state index contributed by atoms with van der Waals surface area (Å²) < 4.78 is 0. The molecule has 0 radical (unpaired) electrons. The Morgan fingerprint density at radius 3 is 2.31 bits per heavy atom. The number of nitrogens with one attached hydrogen (secondary N) is 3. The molecule has 26 heavy (non-hydrogen) atoms. The summed E-state index contributed by atoms with van der Waals surface area (Å²) in [7, 11) is 0. The van der Waals surface area contributed by atoms with Gasteiger partial charge in [0.1, 0.15) is 0 Å². The minimum Gasteiger partial charge on any atom is -0.331 e. The molecular formula is C21H29N3OS. The molecule has 4 aliphatic rings. The van der Waals surface area contributed by atoms with Crippen LogP contribution in [0.5, 0.6) is 0 Å². The number of amides is 1. The van der Waals surface area contributed by atoms with Crippen molar-refractivity contribution in [3.8, 4) is 0 Å². The van der Waals surface area contributed by atoms with Crippen molar-refractivity contribution in [2.24, 2.45) is 23.2 Å². The van der Waals surface area contributed by atoms with Crippen molar-refractivity contribution in [1.29, 1.82) is 0 Å². The first-order valence-corrected chi connectivity index (χ1v) is 10.4. The van der Waals surface area contributed by atoms with Crippen molar-refractivity contribution in [3.63, 3.8) is 0 Å². The molecule has 0 unspecified atom stereocenters. The van der Waals surface area contributed by atoms with Gasteiger partial charge in [-0.1, -0.05) is 25.1 Å². The Hall–Kier alpha value is -1.62. The van der Waals surface area contributed by atoms with Crippen molar-refractivity contribution in [1.82, 2.24) is 10.9 Å². The predicted octanol–water partition coefficient (Wildman–Crippen LogP) is 4.17. The molecule has 0 aromatic heterocycles. The molecule has 0 aliphatic heterocycles. The number of hydrogen-bond acceptors (Lipinski definition) is 2. The van der Waals surface area contributed by atoms with Crippen LogP contribution in [-0.2, 0) is 11.2 Å². The Bertz CT molecular complexity index is 667. The van der Waals surface area contributed by atoms with Crippen molar-refractivity contribution in [2.75, 3.05) is 5.32 Å². The van der Waals surface area contributed by atoms with Crippen molar-refractivity contribution in [2.45, 2.75) is 58.3 Å². The van der Waals surface area contributed by atoms with Gasteiger partial charge in [-0.05, 0) is 92.0 Å². The number of carbonyl (C=O) groups is 1. The van der Waals surface area contributed by atoms with Gasteiger partial charge in [0.15, 0.2) is 5.11 Å². The fourth-order valence-corrected chi connectivity index (χ4v) is 6.28. The summed E-state index contributed by atoms with van der Waals surface area (Å²) in [6.45, 7) is 2.12. The van der Waals surface area contributed by atoms with Crippen LogP contribution in [0.3, 0.4) is 0 Å². The lowest BCUT2D eigenvalue weighted by Crippen LogP contribution is -2.50. The third-order valence-electron chi connectivity index (χ3n) is 6.66. The van der Waals surface area contributed by atoms with Gasteiger partial charge in [-0.25, -0.2) is 0 Å². The highest BCUT2D eigenvalue weighted by atomic mass is 32.1. The van der Waals surface area contributed by atoms with E-state index >= 15 is 0 Å². The Balaban J connectivity index is 1.28. The minimum atomic E-state index is 0.0693. The standard InChI is InChI=1S/C21H29N3OS/c1-2-17-5-3-4-6-18(17)22-20(26)24-23-19(25)13-21-10-14-7-15(11-21)9-16(8-14)12-21/h3-6,14-16H,2,7-13H2,1H3,(H,23,25)(H2,22,24,26). The molecule has 1 amide bonds. The molecule has 3 N–H and O–H groups in total. The molecule has 4 saturated carbocycles. The van der Waals surface area contributed by atoms with E-state index in [1.165, 1.54) is 44.1 Å². The van der Waals surface area contributed by atoms with Gasteiger partial charge in [-0.3, -0.25) is 15.6 Å². The Kier molecular flexibility index (Phi) is 4.91. The number of thiocarbonyl (C=S) groups is 1. The number of benzene rings is 1. The van der Waals surface area contributed by atoms with Crippen LogP contribution in [0.15, 0.2) is 24.3 Å². The number of carbonyl (C=O) groups excluding carboxylic acids is 1. The normalized spacial score (nSPS) is 31.5. The van der Waals surface area contributed by atoms with Crippen molar-refractivity contribution < 1.29 is 4.79 Å². The summed E-state index contributed by atoms with van der Waals surface area (Å²) in [5.41, 5.74) is 8.16. The maximum absolute atomic E-state index is 12.5. The summed E-state index contributed by atoms with van der Waals surface area (Å²) >= 11 is 5.34. The lowest BCUT2D eigenvalue weighted by atomic mass is 9.49. The molecule has 0 spiro atoms. The Morgan fingerprint density at radius 1 is 1.08 bits per heavy atom. The number of hydrazine groups is 1. The number of aryl methyl sites for hydroxylation is 1. The highest BCUT2D eigenvalue weighted by molar-refractivity contribution is 7.80. The number of para-hydroxylation sites is 1. The molecule has 4 aliphatic carbocycles. The second kappa shape index (κ2) is 7.18. The summed E-state index contributed by atoms with van der Waals surface area (Å²) in [5, 5.41) is 3.62. The van der Waals surface area contributed by atoms with E-state index in [1.807, 2.05) is 18.2 Å². The van der Waals surface area contributed by atoms with Crippen LogP contribution in [0, 0.1) is 23.2 Å². The first-order valence-electron chi connectivity index (χ1n) is 9.99. The largest absolute Gasteiger partial charge is 0.331 e. The second-order valence-electron chi connectivity index (χ2n) is 8.73. The van der Waals surface area contributed by atoms with Crippen LogP contribution in [0.2, 0.25) is 0 Å². The highest BCUT2D eigenvalue weighted by Gasteiger charge is 2.51. The molecular weight excluding hydrogens is 342 g/mol. The van der Waals surface area contributed by atoms with Crippen molar-refractivity contribution in [3.05, 3.63) is 29.8 Å². The maximum Gasteiger partial charge on any atom is 0.238 e. The van der Waals surface area contributed by atoms with E-state index in [4.69, 9.17) is 12.2 Å².